The fourth-order valence-corrected chi connectivity index (χ4v) is 0.551. The molecule has 1 rings (SSSR count). The van der Waals surface area contributed by atoms with Crippen molar-refractivity contribution in [3.63, 3.8) is 0 Å². The van der Waals surface area contributed by atoms with Gasteiger partial charge in [-0.2, -0.15) is 8.42 Å². The highest BCUT2D eigenvalue weighted by molar-refractivity contribution is 7.85. The fourth-order valence-electron chi connectivity index (χ4n) is 0.348. The third-order valence-electron chi connectivity index (χ3n) is 0.699. The highest BCUT2D eigenvalue weighted by Gasteiger charge is 2.13. The molecule has 0 aliphatic carbocycles. The largest absolute Gasteiger partial charge is 0.379 e. The van der Waals surface area contributed by atoms with E-state index in [2.05, 4.69) is 9.29 Å². The SMILES string of the molecule is [2H]OS(=O)(=O)C([2H])([2H])C([2H])([2H])N1C([2H])([2H])C([2H])([2H])OC([2H])([2H])C1([2H])[2H]. The molecule has 0 spiro atoms. The van der Waals surface area contributed by atoms with Gasteiger partial charge in [-0.25, -0.2) is 0 Å². The van der Waals surface area contributed by atoms with Gasteiger partial charge in [0.05, 0.1) is 24.3 Å². The van der Waals surface area contributed by atoms with Gasteiger partial charge in [0.1, 0.15) is 0 Å². The lowest BCUT2D eigenvalue weighted by atomic mass is 10.4. The zero-order valence-electron chi connectivity index (χ0n) is 18.5. The molecule has 0 unspecified atom stereocenters. The molecule has 6 heteroatoms. The van der Waals surface area contributed by atoms with E-state index in [0.29, 0.717) is 0 Å². The predicted molar refractivity (Wildman–Crippen MR) is 43.7 cm³/mol. The monoisotopic (exact) mass is 208 g/mol. The second-order valence-corrected chi connectivity index (χ2v) is 2.65. The van der Waals surface area contributed by atoms with Gasteiger partial charge in [0.15, 0.2) is 0 Å². The number of morpholine rings is 1. The summed E-state index contributed by atoms with van der Waals surface area (Å²) in [7, 11) is -5.72. The minimum atomic E-state index is -5.72. The van der Waals surface area contributed by atoms with Gasteiger partial charge >= 0.3 is 0 Å². The van der Waals surface area contributed by atoms with Crippen LogP contribution in [0.4, 0.5) is 0 Å². The van der Waals surface area contributed by atoms with Crippen LogP contribution in [0.1, 0.15) is 16.4 Å². The van der Waals surface area contributed by atoms with Gasteiger partial charge in [0.2, 0.25) is 1.43 Å². The van der Waals surface area contributed by atoms with Crippen LogP contribution in [0.3, 0.4) is 0 Å². The molecular formula is C6H13NO4S. The first kappa shape index (κ1) is 2.25. The van der Waals surface area contributed by atoms with Crippen LogP contribution in [0.5, 0.6) is 0 Å². The number of nitrogens with zero attached hydrogens (tertiary/aromatic N) is 1. The first-order valence-electron chi connectivity index (χ1n) is 8.94. The maximum atomic E-state index is 11.5. The molecule has 0 saturated carbocycles. The molecule has 0 aromatic carbocycles. The fraction of sp³-hybridized carbons (Fsp3) is 1.00. The topological polar surface area (TPSA) is 66.8 Å². The van der Waals surface area contributed by atoms with Crippen LogP contribution in [-0.2, 0) is 14.9 Å². The highest BCUT2D eigenvalue weighted by atomic mass is 32.2. The Balaban J connectivity index is 3.79. The normalized spacial score (nSPS) is 56.2. The lowest BCUT2D eigenvalue weighted by Gasteiger charge is -2.25. The van der Waals surface area contributed by atoms with Gasteiger partial charge in [-0.05, 0) is 0 Å². The summed E-state index contributed by atoms with van der Waals surface area (Å²) in [5.74, 6) is 0. The standard InChI is InChI=1S/C6H13NO4S/c8-12(9,10)6-3-7-1-4-11-5-2-7/h1-6H2,(H,8,9,10)/i1D2,2D2,3D2,4D2,5D2,6D2/hD. The number of hydrogen-bond acceptors (Lipinski definition) is 5. The molecule has 0 amide bonds. The molecule has 0 radical (unpaired) electrons. The van der Waals surface area contributed by atoms with E-state index in [1.54, 1.807) is 0 Å². The van der Waals surface area contributed by atoms with Crippen molar-refractivity contribution in [3.05, 3.63) is 0 Å². The molecule has 5 nitrogen and oxygen atoms in total. The molecule has 1 fully saturated rings. The molecule has 1 N–H and O–H groups in total. The van der Waals surface area contributed by atoms with E-state index < -0.39 is 53.3 Å². The Labute approximate surface area is 90.4 Å². The molecule has 12 heavy (non-hydrogen) atoms. The van der Waals surface area contributed by atoms with Crippen LogP contribution in [0.15, 0.2) is 0 Å². The summed E-state index contributed by atoms with van der Waals surface area (Å²) in [6, 6.07) is 0. The lowest BCUT2D eigenvalue weighted by molar-refractivity contribution is 0.0406. The van der Waals surface area contributed by atoms with E-state index in [4.69, 9.17) is 17.9 Å². The maximum Gasteiger partial charge on any atom is 0.266 e. The lowest BCUT2D eigenvalue weighted by Crippen LogP contribution is -2.38. The van der Waals surface area contributed by atoms with E-state index in [1.165, 1.54) is 0 Å². The molecule has 1 aliphatic rings. The predicted octanol–water partition coefficient (Wildman–Crippen LogP) is -0.794. The summed E-state index contributed by atoms with van der Waals surface area (Å²) in [6.45, 7) is -19.4. The van der Waals surface area contributed by atoms with Gasteiger partial charge in [0, 0.05) is 30.5 Å². The Morgan fingerprint density at radius 1 is 1.67 bits per heavy atom. The minimum absolute atomic E-state index is 0.882. The Morgan fingerprint density at radius 3 is 2.92 bits per heavy atom. The summed E-state index contributed by atoms with van der Waals surface area (Å²) >= 11 is 0. The number of rotatable bonds is 4. The van der Waals surface area contributed by atoms with Crippen molar-refractivity contribution in [3.8, 4) is 0 Å². The van der Waals surface area contributed by atoms with Gasteiger partial charge in [-0.3, -0.25) is 9.45 Å². The summed E-state index contributed by atoms with van der Waals surface area (Å²) in [6.07, 6.45) is 0. The quantitative estimate of drug-likeness (QED) is 0.613. The average molecular weight is 208 g/mol. The van der Waals surface area contributed by atoms with Crippen molar-refractivity contribution in [2.75, 3.05) is 38.3 Å². The smallest absolute Gasteiger partial charge is 0.266 e. The highest BCUT2D eigenvalue weighted by Crippen LogP contribution is 1.96. The molecule has 1 heterocycles. The van der Waals surface area contributed by atoms with Crippen LogP contribution >= 0.6 is 0 Å². The van der Waals surface area contributed by atoms with Crippen molar-refractivity contribution >= 4 is 10.1 Å². The third-order valence-corrected chi connectivity index (χ3v) is 1.04. The molecule has 72 valence electrons. The molecular weight excluding hydrogens is 182 g/mol. The van der Waals surface area contributed by atoms with E-state index >= 15 is 0 Å². The van der Waals surface area contributed by atoms with Crippen molar-refractivity contribution < 1.29 is 34.2 Å². The van der Waals surface area contributed by atoms with Crippen LogP contribution in [0.25, 0.3) is 1.43 Å². The van der Waals surface area contributed by atoms with Crippen molar-refractivity contribution in [1.82, 2.24) is 4.90 Å². The molecule has 0 bridgehead atoms. The summed E-state index contributed by atoms with van der Waals surface area (Å²) in [4.78, 5) is -0.882. The first-order valence-corrected chi connectivity index (χ1v) is 3.94. The van der Waals surface area contributed by atoms with Gasteiger partial charge in [0.25, 0.3) is 10.1 Å². The average Bonchev–Trinajstić information content (AvgIpc) is 2.34. The van der Waals surface area contributed by atoms with Gasteiger partial charge in [-0.1, -0.05) is 0 Å². The first-order chi connectivity index (χ1) is 10.6. The van der Waals surface area contributed by atoms with Crippen LogP contribution in [0.2, 0.25) is 0 Å². The van der Waals surface area contributed by atoms with Crippen LogP contribution in [-0.4, -0.2) is 56.2 Å². The second-order valence-electron chi connectivity index (χ2n) is 1.53. The molecule has 1 aliphatic heterocycles. The third kappa shape index (κ3) is 4.01. The molecule has 1 saturated heterocycles. The number of hydrogen-bond donors (Lipinski definition) is 1. The Bertz CT molecular complexity index is 619. The number of ether oxygens (including phenoxy) is 1. The van der Waals surface area contributed by atoms with Crippen molar-refractivity contribution in [2.45, 2.75) is 0 Å². The van der Waals surface area contributed by atoms with Crippen LogP contribution in [0, 0.1) is 0 Å². The zero-order valence-corrected chi connectivity index (χ0v) is 6.30. The maximum absolute atomic E-state index is 11.5. The van der Waals surface area contributed by atoms with Crippen LogP contribution < -0.4 is 0 Å². The molecule has 0 aromatic rings. The Kier molecular flexibility index (Phi) is 0.783. The second kappa shape index (κ2) is 4.18. The van der Waals surface area contributed by atoms with Crippen molar-refractivity contribution in [2.24, 2.45) is 0 Å². The van der Waals surface area contributed by atoms with Gasteiger partial charge in [-0.15, -0.1) is 0 Å². The molecule has 0 aromatic heterocycles. The zero-order chi connectivity index (χ0) is 20.5. The van der Waals surface area contributed by atoms with E-state index in [1.807, 2.05) is 0 Å². The summed E-state index contributed by atoms with van der Waals surface area (Å²) < 4.78 is 127. The van der Waals surface area contributed by atoms with E-state index in [-0.39, 0.29) is 0 Å². The minimum Gasteiger partial charge on any atom is -0.379 e. The van der Waals surface area contributed by atoms with Crippen molar-refractivity contribution in [1.29, 1.82) is 1.43 Å². The van der Waals surface area contributed by atoms with E-state index in [0.717, 1.165) is 0 Å². The Hall–Kier alpha value is -0.170. The summed E-state index contributed by atoms with van der Waals surface area (Å²) in [5, 5.41) is 0. The Morgan fingerprint density at radius 2 is 2.33 bits per heavy atom. The summed E-state index contributed by atoms with van der Waals surface area (Å²) in [5.41, 5.74) is -4.30. The van der Waals surface area contributed by atoms with E-state index in [9.17, 15) is 8.42 Å². The molecule has 0 atom stereocenters. The van der Waals surface area contributed by atoms with Gasteiger partial charge < -0.3 is 4.74 Å².